The first-order chi connectivity index (χ1) is 3.98. The first-order valence-electron chi connectivity index (χ1n) is 2.95. The lowest BCUT2D eigenvalue weighted by atomic mass is 9.87. The van der Waals surface area contributed by atoms with Gasteiger partial charge < -0.3 is 5.32 Å². The van der Waals surface area contributed by atoms with Gasteiger partial charge in [-0.3, -0.25) is 4.79 Å². The lowest BCUT2D eigenvalue weighted by Crippen LogP contribution is -2.39. The third-order valence-electron chi connectivity index (χ3n) is 1.32. The van der Waals surface area contributed by atoms with Crippen molar-refractivity contribution in [3.8, 4) is 0 Å². The van der Waals surface area contributed by atoms with Crippen LogP contribution in [0, 0.1) is 0 Å². The number of carbonyl (C=O) groups excluding carboxylic acids is 1. The molecule has 4 heteroatoms. The van der Waals surface area contributed by atoms with Gasteiger partial charge in [-0.05, 0) is 13.8 Å². The SMILES string of the molecule is BCC(C)(C)NC(=O)I. The van der Waals surface area contributed by atoms with Crippen LogP contribution in [0.25, 0.3) is 0 Å². The molecule has 0 unspecified atom stereocenters. The van der Waals surface area contributed by atoms with Gasteiger partial charge in [-0.2, -0.15) is 0 Å². The maximum atomic E-state index is 10.5. The van der Waals surface area contributed by atoms with Crippen molar-refractivity contribution in [3.63, 3.8) is 0 Å². The van der Waals surface area contributed by atoms with Crippen LogP contribution >= 0.6 is 22.6 Å². The molecule has 0 radical (unpaired) electrons. The highest BCUT2D eigenvalue weighted by atomic mass is 127. The number of carbonyl (C=O) groups is 1. The van der Waals surface area contributed by atoms with Crippen molar-refractivity contribution in [2.75, 3.05) is 0 Å². The predicted molar refractivity (Wildman–Crippen MR) is 50.0 cm³/mol. The molecule has 0 aliphatic heterocycles. The minimum absolute atomic E-state index is 0.0134. The summed E-state index contributed by atoms with van der Waals surface area (Å²) in [5.41, 5.74) is -0.0434. The molecule has 0 bridgehead atoms. The Hall–Kier alpha value is 0.265. The maximum Gasteiger partial charge on any atom is 0.281 e. The van der Waals surface area contributed by atoms with E-state index in [-0.39, 0.29) is 9.45 Å². The second-order valence-electron chi connectivity index (χ2n) is 2.64. The minimum Gasteiger partial charge on any atom is -0.343 e. The Balaban J connectivity index is 3.71. The van der Waals surface area contributed by atoms with Crippen LogP contribution in [0.5, 0.6) is 0 Å². The van der Waals surface area contributed by atoms with Gasteiger partial charge in [-0.25, -0.2) is 0 Å². The Labute approximate surface area is 70.3 Å². The van der Waals surface area contributed by atoms with Gasteiger partial charge in [0.15, 0.2) is 0 Å². The molecule has 1 N–H and O–H groups in total. The van der Waals surface area contributed by atoms with Crippen molar-refractivity contribution >= 4 is 34.4 Å². The number of hydrogen-bond acceptors (Lipinski definition) is 1. The molecule has 0 spiro atoms. The van der Waals surface area contributed by atoms with E-state index >= 15 is 0 Å². The highest BCUT2D eigenvalue weighted by Gasteiger charge is 2.14. The molecule has 0 aliphatic rings. The normalized spacial score (nSPS) is 11.0. The topological polar surface area (TPSA) is 29.1 Å². The lowest BCUT2D eigenvalue weighted by molar-refractivity contribution is 0.255. The molecule has 0 atom stereocenters. The van der Waals surface area contributed by atoms with Crippen molar-refractivity contribution in [2.24, 2.45) is 0 Å². The zero-order valence-corrected chi connectivity index (χ0v) is 8.15. The fraction of sp³-hybridized carbons (Fsp3) is 0.800. The van der Waals surface area contributed by atoms with E-state index in [0.717, 1.165) is 6.32 Å². The fourth-order valence-corrected chi connectivity index (χ4v) is 1.08. The highest BCUT2D eigenvalue weighted by Crippen LogP contribution is 2.06. The third-order valence-corrected chi connectivity index (χ3v) is 1.59. The standard InChI is InChI=1S/C5H11BINO/c1-5(2,3-6)8-4(7)9/h3,6H2,1-2H3,(H,8,9). The van der Waals surface area contributed by atoms with Crippen LogP contribution in [0.1, 0.15) is 13.8 Å². The number of hydrogen-bond donors (Lipinski definition) is 1. The molecule has 0 saturated heterocycles. The van der Waals surface area contributed by atoms with E-state index in [0.29, 0.717) is 0 Å². The summed E-state index contributed by atoms with van der Waals surface area (Å²) in [4.78, 5) is 10.5. The van der Waals surface area contributed by atoms with E-state index in [4.69, 9.17) is 0 Å². The van der Waals surface area contributed by atoms with Crippen LogP contribution in [0.3, 0.4) is 0 Å². The molecular formula is C5H11BINO. The summed E-state index contributed by atoms with van der Waals surface area (Å²) < 4.78 is 0.0134. The predicted octanol–water partition coefficient (Wildman–Crippen LogP) is 0.961. The Kier molecular flexibility index (Phi) is 3.54. The van der Waals surface area contributed by atoms with Crippen molar-refractivity contribution < 1.29 is 4.79 Å². The van der Waals surface area contributed by atoms with Gasteiger partial charge in [0, 0.05) is 28.1 Å². The molecule has 0 aromatic heterocycles. The number of halogens is 1. The maximum absolute atomic E-state index is 10.5. The Morgan fingerprint density at radius 2 is 2.22 bits per heavy atom. The summed E-state index contributed by atoms with van der Waals surface area (Å²) in [7, 11) is 2.05. The second kappa shape index (κ2) is 3.44. The van der Waals surface area contributed by atoms with E-state index in [1.807, 2.05) is 21.7 Å². The summed E-state index contributed by atoms with van der Waals surface area (Å²) in [6.45, 7) is 4.01. The summed E-state index contributed by atoms with van der Waals surface area (Å²) in [5.74, 6) is 0. The second-order valence-corrected chi connectivity index (χ2v) is 3.62. The first kappa shape index (κ1) is 9.26. The molecule has 0 aromatic rings. The van der Waals surface area contributed by atoms with Crippen LogP contribution in [-0.2, 0) is 0 Å². The molecular weight excluding hydrogens is 228 g/mol. The third kappa shape index (κ3) is 4.75. The number of amides is 1. The van der Waals surface area contributed by atoms with E-state index in [9.17, 15) is 4.79 Å². The quantitative estimate of drug-likeness (QED) is 0.330. The van der Waals surface area contributed by atoms with E-state index in [1.54, 1.807) is 22.6 Å². The molecule has 0 fully saturated rings. The van der Waals surface area contributed by atoms with Crippen molar-refractivity contribution in [2.45, 2.75) is 25.7 Å². The zero-order chi connectivity index (χ0) is 7.49. The van der Waals surface area contributed by atoms with Gasteiger partial charge in [-0.15, -0.1) is 0 Å². The summed E-state index contributed by atoms with van der Waals surface area (Å²) in [5, 5.41) is 2.82. The highest BCUT2D eigenvalue weighted by molar-refractivity contribution is 14.1. The number of rotatable bonds is 2. The van der Waals surface area contributed by atoms with Crippen LogP contribution in [-0.4, -0.2) is 17.3 Å². The van der Waals surface area contributed by atoms with Crippen LogP contribution in [0.15, 0.2) is 0 Å². The van der Waals surface area contributed by atoms with E-state index in [2.05, 4.69) is 5.32 Å². The summed E-state index contributed by atoms with van der Waals surface area (Å²) in [6.07, 6.45) is 0.960. The summed E-state index contributed by atoms with van der Waals surface area (Å²) >= 11 is 1.74. The summed E-state index contributed by atoms with van der Waals surface area (Å²) in [6, 6.07) is 0. The molecule has 9 heavy (non-hydrogen) atoms. The lowest BCUT2D eigenvalue weighted by Gasteiger charge is -2.22. The van der Waals surface area contributed by atoms with Gasteiger partial charge in [0.2, 0.25) is 0 Å². The molecule has 0 aliphatic carbocycles. The van der Waals surface area contributed by atoms with Crippen LogP contribution < -0.4 is 5.32 Å². The van der Waals surface area contributed by atoms with E-state index < -0.39 is 0 Å². The van der Waals surface area contributed by atoms with Crippen molar-refractivity contribution in [1.82, 2.24) is 5.32 Å². The van der Waals surface area contributed by atoms with E-state index in [1.165, 1.54) is 0 Å². The molecule has 52 valence electrons. The largest absolute Gasteiger partial charge is 0.343 e. The Morgan fingerprint density at radius 3 is 2.33 bits per heavy atom. The zero-order valence-electron chi connectivity index (χ0n) is 5.99. The monoisotopic (exact) mass is 239 g/mol. The van der Waals surface area contributed by atoms with Crippen molar-refractivity contribution in [3.05, 3.63) is 0 Å². The fourth-order valence-electron chi connectivity index (χ4n) is 0.354. The Bertz CT molecular complexity index is 116. The van der Waals surface area contributed by atoms with Gasteiger partial charge in [-0.1, -0.05) is 6.32 Å². The smallest absolute Gasteiger partial charge is 0.281 e. The van der Waals surface area contributed by atoms with Gasteiger partial charge in [0.25, 0.3) is 3.91 Å². The van der Waals surface area contributed by atoms with Gasteiger partial charge in [0.05, 0.1) is 0 Å². The molecule has 0 saturated carbocycles. The minimum atomic E-state index is -0.0434. The van der Waals surface area contributed by atoms with Crippen LogP contribution in [0.4, 0.5) is 4.79 Å². The van der Waals surface area contributed by atoms with Crippen molar-refractivity contribution in [1.29, 1.82) is 0 Å². The molecule has 0 rings (SSSR count). The molecule has 0 heterocycles. The molecule has 2 nitrogen and oxygen atoms in total. The number of nitrogens with one attached hydrogen (secondary N) is 1. The molecule has 0 aromatic carbocycles. The Morgan fingerprint density at radius 1 is 1.78 bits per heavy atom. The van der Waals surface area contributed by atoms with Gasteiger partial charge >= 0.3 is 0 Å². The van der Waals surface area contributed by atoms with Gasteiger partial charge in [0.1, 0.15) is 7.85 Å². The first-order valence-corrected chi connectivity index (χ1v) is 4.03. The average Bonchev–Trinajstić information content (AvgIpc) is 1.63. The average molecular weight is 239 g/mol. The van der Waals surface area contributed by atoms with Crippen LogP contribution in [0.2, 0.25) is 6.32 Å². The molecule has 1 amide bonds.